The van der Waals surface area contributed by atoms with Crippen molar-refractivity contribution in [2.45, 2.75) is 25.8 Å². The normalized spacial score (nSPS) is 12.0. The van der Waals surface area contributed by atoms with E-state index >= 15 is 0 Å². The van der Waals surface area contributed by atoms with Crippen LogP contribution in [0.1, 0.15) is 30.8 Å². The first-order valence-corrected chi connectivity index (χ1v) is 16.1. The van der Waals surface area contributed by atoms with Gasteiger partial charge in [0.25, 0.3) is 5.56 Å². The van der Waals surface area contributed by atoms with Crippen molar-refractivity contribution in [1.82, 2.24) is 34.6 Å². The van der Waals surface area contributed by atoms with Crippen LogP contribution in [0.25, 0.3) is 16.7 Å². The Morgan fingerprint density at radius 1 is 0.979 bits per heavy atom. The van der Waals surface area contributed by atoms with Crippen molar-refractivity contribution in [3.63, 3.8) is 0 Å². The first kappa shape index (κ1) is 35.8. The van der Waals surface area contributed by atoms with Crippen LogP contribution in [0.4, 0.5) is 0 Å². The van der Waals surface area contributed by atoms with Gasteiger partial charge in [-0.05, 0) is 95.6 Å². The van der Waals surface area contributed by atoms with Gasteiger partial charge in [-0.3, -0.25) is 19.0 Å². The minimum absolute atomic E-state index is 0.0346. The molecule has 0 aliphatic rings. The first-order valence-electron chi connectivity index (χ1n) is 15.4. The standard InChI is InChI=1S/C34H41Cl2N7O4/c1-6-47-25-12-10-24(11-13-25)43-33(39-32-26(34(43)46)8-7-16-38-32)29(15-17-37-30(44)22-41(4)5)42(19-18-40(2)3)31(45)21-23-9-14-27(35)28(36)20-23/h7-14,16,20,29H,6,15,17-19,21-22H2,1-5H3,(H,37,44). The Kier molecular flexibility index (Phi) is 12.7. The topological polar surface area (TPSA) is 113 Å². The van der Waals surface area contributed by atoms with Crippen LogP contribution >= 0.6 is 23.2 Å². The average Bonchev–Trinajstić information content (AvgIpc) is 3.02. The summed E-state index contributed by atoms with van der Waals surface area (Å²) < 4.78 is 7.17. The van der Waals surface area contributed by atoms with Gasteiger partial charge in [-0.2, -0.15) is 0 Å². The summed E-state index contributed by atoms with van der Waals surface area (Å²) in [7, 11) is 7.47. The largest absolute Gasteiger partial charge is 0.494 e. The third-order valence-electron chi connectivity index (χ3n) is 7.40. The highest BCUT2D eigenvalue weighted by molar-refractivity contribution is 6.42. The summed E-state index contributed by atoms with van der Waals surface area (Å²) >= 11 is 12.4. The number of nitrogens with one attached hydrogen (secondary N) is 1. The highest BCUT2D eigenvalue weighted by atomic mass is 35.5. The third-order valence-corrected chi connectivity index (χ3v) is 8.14. The van der Waals surface area contributed by atoms with Crippen LogP contribution in [-0.4, -0.2) is 102 Å². The lowest BCUT2D eigenvalue weighted by molar-refractivity contribution is -0.133. The smallest absolute Gasteiger partial charge is 0.267 e. The van der Waals surface area contributed by atoms with Gasteiger partial charge in [0.15, 0.2) is 5.65 Å². The van der Waals surface area contributed by atoms with E-state index in [0.717, 1.165) is 0 Å². The number of rotatable bonds is 15. The van der Waals surface area contributed by atoms with E-state index in [9.17, 15) is 14.4 Å². The van der Waals surface area contributed by atoms with Crippen LogP contribution in [0, 0.1) is 0 Å². The van der Waals surface area contributed by atoms with Crippen molar-refractivity contribution >= 4 is 46.0 Å². The molecule has 4 aromatic rings. The Hall–Kier alpha value is -4.03. The first-order chi connectivity index (χ1) is 22.5. The lowest BCUT2D eigenvalue weighted by Gasteiger charge is -2.34. The molecule has 4 rings (SSSR count). The number of pyridine rings is 1. The molecule has 0 saturated carbocycles. The number of halogens is 2. The highest BCUT2D eigenvalue weighted by Gasteiger charge is 2.31. The van der Waals surface area contributed by atoms with Crippen LogP contribution < -0.4 is 15.6 Å². The van der Waals surface area contributed by atoms with E-state index in [-0.39, 0.29) is 49.0 Å². The van der Waals surface area contributed by atoms with Crippen molar-refractivity contribution in [3.05, 3.63) is 92.6 Å². The number of carbonyl (C=O) groups excluding carboxylic acids is 2. The quantitative estimate of drug-likeness (QED) is 0.198. The molecule has 0 saturated heterocycles. The number of nitrogens with zero attached hydrogens (tertiary/aromatic N) is 6. The maximum atomic E-state index is 14.3. The second kappa shape index (κ2) is 16.7. The second-order valence-corrected chi connectivity index (χ2v) is 12.4. The number of likely N-dealkylation sites (N-methyl/N-ethyl adjacent to an activating group) is 2. The van der Waals surface area contributed by atoms with E-state index in [1.54, 1.807) is 70.6 Å². The predicted octanol–water partition coefficient (Wildman–Crippen LogP) is 4.23. The summed E-state index contributed by atoms with van der Waals surface area (Å²) in [6, 6.07) is 14.9. The number of fused-ring (bicyclic) bond motifs is 1. The van der Waals surface area contributed by atoms with Crippen LogP contribution in [0.5, 0.6) is 5.75 Å². The number of carbonyl (C=O) groups is 2. The monoisotopic (exact) mass is 681 g/mol. The summed E-state index contributed by atoms with van der Waals surface area (Å²) in [5, 5.41) is 4.04. The van der Waals surface area contributed by atoms with E-state index in [1.807, 2.05) is 40.0 Å². The van der Waals surface area contributed by atoms with Gasteiger partial charge < -0.3 is 24.8 Å². The lowest BCUT2D eigenvalue weighted by atomic mass is 10.1. The van der Waals surface area contributed by atoms with Crippen LogP contribution in [0.15, 0.2) is 65.6 Å². The Bertz CT molecular complexity index is 1750. The van der Waals surface area contributed by atoms with Crippen molar-refractivity contribution < 1.29 is 14.3 Å². The molecule has 1 atom stereocenters. The highest BCUT2D eigenvalue weighted by Crippen LogP contribution is 2.28. The van der Waals surface area contributed by atoms with Gasteiger partial charge in [0.2, 0.25) is 11.8 Å². The molecule has 11 nitrogen and oxygen atoms in total. The van der Waals surface area contributed by atoms with Crippen molar-refractivity contribution in [1.29, 1.82) is 0 Å². The van der Waals surface area contributed by atoms with Gasteiger partial charge in [0.05, 0.1) is 46.7 Å². The van der Waals surface area contributed by atoms with Crippen molar-refractivity contribution in [2.24, 2.45) is 0 Å². The molecule has 47 heavy (non-hydrogen) atoms. The minimum Gasteiger partial charge on any atom is -0.494 e. The van der Waals surface area contributed by atoms with Gasteiger partial charge in [-0.15, -0.1) is 0 Å². The second-order valence-electron chi connectivity index (χ2n) is 11.6. The van der Waals surface area contributed by atoms with Gasteiger partial charge >= 0.3 is 0 Å². The van der Waals surface area contributed by atoms with Gasteiger partial charge in [-0.25, -0.2) is 9.97 Å². The fraction of sp³-hybridized carbons (Fsp3) is 0.382. The molecule has 13 heteroatoms. The molecule has 2 aromatic heterocycles. The van der Waals surface area contributed by atoms with Gasteiger partial charge in [0, 0.05) is 25.8 Å². The molecule has 0 radical (unpaired) electrons. The Morgan fingerprint density at radius 3 is 2.38 bits per heavy atom. The Morgan fingerprint density at radius 2 is 1.72 bits per heavy atom. The van der Waals surface area contributed by atoms with Crippen LogP contribution in [0.2, 0.25) is 10.0 Å². The van der Waals surface area contributed by atoms with E-state index in [4.69, 9.17) is 32.9 Å². The summed E-state index contributed by atoms with van der Waals surface area (Å²) in [5.74, 6) is 0.621. The summed E-state index contributed by atoms with van der Waals surface area (Å²) in [5.41, 5.74) is 1.18. The molecule has 2 aromatic carbocycles. The van der Waals surface area contributed by atoms with E-state index in [1.165, 1.54) is 4.57 Å². The number of amides is 2. The molecule has 2 amide bonds. The molecule has 0 fully saturated rings. The SMILES string of the molecule is CCOc1ccc(-n2c(C(CCNC(=O)CN(C)C)N(CCN(C)C)C(=O)Cc3ccc(Cl)c(Cl)c3)nc3ncccc3c2=O)cc1. The van der Waals surface area contributed by atoms with Gasteiger partial charge in [-0.1, -0.05) is 29.3 Å². The van der Waals surface area contributed by atoms with E-state index in [0.29, 0.717) is 58.0 Å². The number of aromatic nitrogens is 3. The number of benzene rings is 2. The zero-order chi connectivity index (χ0) is 34.1. The molecule has 1 unspecified atom stereocenters. The number of hydrogen-bond acceptors (Lipinski definition) is 8. The zero-order valence-corrected chi connectivity index (χ0v) is 28.9. The number of hydrogen-bond donors (Lipinski definition) is 1. The van der Waals surface area contributed by atoms with Crippen LogP contribution in [0.3, 0.4) is 0 Å². The van der Waals surface area contributed by atoms with Crippen molar-refractivity contribution in [3.8, 4) is 11.4 Å². The zero-order valence-electron chi connectivity index (χ0n) is 27.4. The molecule has 0 aliphatic carbocycles. The van der Waals surface area contributed by atoms with Crippen molar-refractivity contribution in [2.75, 3.05) is 61.0 Å². The third kappa shape index (κ3) is 9.51. The molecule has 2 heterocycles. The molecule has 250 valence electrons. The molecule has 0 bridgehead atoms. The fourth-order valence-corrected chi connectivity index (χ4v) is 5.49. The summed E-state index contributed by atoms with van der Waals surface area (Å²) in [4.78, 5) is 56.0. The molecule has 1 N–H and O–H groups in total. The number of ether oxygens (including phenoxy) is 1. The summed E-state index contributed by atoms with van der Waals surface area (Å²) in [6.45, 7) is 3.70. The molecular formula is C34H41Cl2N7O4. The Balaban J connectivity index is 1.88. The minimum atomic E-state index is -0.726. The maximum Gasteiger partial charge on any atom is 0.267 e. The van der Waals surface area contributed by atoms with Crippen LogP contribution in [-0.2, 0) is 16.0 Å². The lowest BCUT2D eigenvalue weighted by Crippen LogP contribution is -2.44. The van der Waals surface area contributed by atoms with Gasteiger partial charge in [0.1, 0.15) is 11.6 Å². The average molecular weight is 683 g/mol. The fourth-order valence-electron chi connectivity index (χ4n) is 5.17. The predicted molar refractivity (Wildman–Crippen MR) is 186 cm³/mol. The molecular weight excluding hydrogens is 641 g/mol. The van der Waals surface area contributed by atoms with E-state index < -0.39 is 6.04 Å². The maximum absolute atomic E-state index is 14.3. The molecule has 0 aliphatic heterocycles. The molecule has 0 spiro atoms. The van der Waals surface area contributed by atoms with E-state index in [2.05, 4.69) is 10.3 Å². The Labute approximate surface area is 285 Å². The summed E-state index contributed by atoms with van der Waals surface area (Å²) in [6.07, 6.45) is 1.89.